The van der Waals surface area contributed by atoms with Gasteiger partial charge >= 0.3 is 0 Å². The average molecular weight is 499 g/mol. The van der Waals surface area contributed by atoms with Crippen LogP contribution < -0.4 is 16.1 Å². The van der Waals surface area contributed by atoms with Crippen molar-refractivity contribution in [2.24, 2.45) is 0 Å². The van der Waals surface area contributed by atoms with E-state index in [4.69, 9.17) is 28.4 Å². The minimum absolute atomic E-state index is 0.182. The van der Waals surface area contributed by atoms with E-state index in [-0.39, 0.29) is 10.6 Å². The summed E-state index contributed by atoms with van der Waals surface area (Å²) in [5, 5.41) is 18.5. The minimum Gasteiger partial charge on any atom is -0.383 e. The molecule has 0 aliphatic rings. The Labute approximate surface area is 206 Å². The molecule has 2 aromatic carbocycles. The van der Waals surface area contributed by atoms with Crippen molar-refractivity contribution in [2.75, 3.05) is 43.9 Å². The molecule has 8 nitrogen and oxygen atoms in total. The number of nitrogens with one attached hydrogen (secondary N) is 3. The van der Waals surface area contributed by atoms with Gasteiger partial charge in [0.2, 0.25) is 0 Å². The first-order chi connectivity index (χ1) is 16.5. The molecule has 0 spiro atoms. The fraction of sp³-hybridized carbons (Fsp3) is 0.208. The number of anilines is 2. The number of amides is 1. The van der Waals surface area contributed by atoms with Crippen LogP contribution in [0.4, 0.5) is 11.4 Å². The van der Waals surface area contributed by atoms with E-state index < -0.39 is 5.91 Å². The maximum atomic E-state index is 11.9. The van der Waals surface area contributed by atoms with E-state index in [1.54, 1.807) is 30.0 Å². The first-order valence-corrected chi connectivity index (χ1v) is 11.4. The minimum atomic E-state index is -0.668. The molecule has 0 aliphatic carbocycles. The zero-order chi connectivity index (χ0) is 24.1. The highest BCUT2D eigenvalue weighted by Crippen LogP contribution is 2.28. The Morgan fingerprint density at radius 3 is 2.18 bits per heavy atom. The van der Waals surface area contributed by atoms with Gasteiger partial charge < -0.3 is 15.5 Å². The SMILES string of the molecule is CN(CCNc1ccnc2cc(Cl)ccc12)CCNc1ccnc2cc(Cl)c(C(=O)NO)cc12. The molecular formula is C24H24Cl2N6O2. The van der Waals surface area contributed by atoms with Crippen molar-refractivity contribution in [3.8, 4) is 0 Å². The lowest BCUT2D eigenvalue weighted by molar-refractivity contribution is 0.0706. The van der Waals surface area contributed by atoms with Crippen molar-refractivity contribution in [2.45, 2.75) is 0 Å². The zero-order valence-corrected chi connectivity index (χ0v) is 20.0. The molecule has 34 heavy (non-hydrogen) atoms. The molecule has 0 bridgehead atoms. The van der Waals surface area contributed by atoms with Crippen molar-refractivity contribution in [3.05, 3.63) is 70.5 Å². The number of fused-ring (bicyclic) bond motifs is 2. The van der Waals surface area contributed by atoms with Crippen LogP contribution in [0.25, 0.3) is 21.8 Å². The van der Waals surface area contributed by atoms with Crippen LogP contribution in [0.5, 0.6) is 0 Å². The van der Waals surface area contributed by atoms with E-state index in [1.165, 1.54) is 0 Å². The number of halogens is 2. The second-order valence-electron chi connectivity index (χ2n) is 7.83. The predicted octanol–water partition coefficient (Wildman–Crippen LogP) is 4.66. The Morgan fingerprint density at radius 1 is 0.912 bits per heavy atom. The molecule has 0 radical (unpaired) electrons. The van der Waals surface area contributed by atoms with E-state index in [0.29, 0.717) is 17.1 Å². The highest BCUT2D eigenvalue weighted by atomic mass is 35.5. The Morgan fingerprint density at radius 2 is 1.53 bits per heavy atom. The van der Waals surface area contributed by atoms with Crippen LogP contribution >= 0.6 is 23.2 Å². The number of hydroxylamine groups is 1. The number of aromatic nitrogens is 2. The van der Waals surface area contributed by atoms with Crippen LogP contribution in [0.3, 0.4) is 0 Å². The normalized spacial score (nSPS) is 11.2. The second-order valence-corrected chi connectivity index (χ2v) is 8.67. The van der Waals surface area contributed by atoms with Crippen LogP contribution in [-0.2, 0) is 0 Å². The molecule has 10 heteroatoms. The Bertz CT molecular complexity index is 1330. The Hall–Kier alpha value is -3.17. The van der Waals surface area contributed by atoms with E-state index in [2.05, 4.69) is 32.5 Å². The largest absolute Gasteiger partial charge is 0.383 e. The van der Waals surface area contributed by atoms with Gasteiger partial charge in [0.05, 0.1) is 21.6 Å². The second kappa shape index (κ2) is 10.8. The first kappa shape index (κ1) is 24.0. The van der Waals surface area contributed by atoms with Crippen LogP contribution in [-0.4, -0.2) is 59.2 Å². The number of hydrogen-bond donors (Lipinski definition) is 4. The van der Waals surface area contributed by atoms with Crippen molar-refractivity contribution in [3.63, 3.8) is 0 Å². The van der Waals surface area contributed by atoms with E-state index in [9.17, 15) is 4.79 Å². The molecule has 176 valence electrons. The van der Waals surface area contributed by atoms with Crippen LogP contribution in [0.15, 0.2) is 54.9 Å². The summed E-state index contributed by atoms with van der Waals surface area (Å²) in [7, 11) is 2.06. The number of rotatable bonds is 9. The lowest BCUT2D eigenvalue weighted by Crippen LogP contribution is -2.29. The number of benzene rings is 2. The number of hydrogen-bond acceptors (Lipinski definition) is 7. The third-order valence-electron chi connectivity index (χ3n) is 5.50. The van der Waals surface area contributed by atoms with Gasteiger partial charge in [0.15, 0.2) is 0 Å². The zero-order valence-electron chi connectivity index (χ0n) is 18.5. The third-order valence-corrected chi connectivity index (χ3v) is 6.05. The summed E-state index contributed by atoms with van der Waals surface area (Å²) in [6.45, 7) is 3.10. The fourth-order valence-corrected chi connectivity index (χ4v) is 4.12. The summed E-state index contributed by atoms with van der Waals surface area (Å²) < 4.78 is 0. The summed E-state index contributed by atoms with van der Waals surface area (Å²) in [4.78, 5) is 22.8. The Kier molecular flexibility index (Phi) is 7.64. The van der Waals surface area contributed by atoms with Crippen molar-refractivity contribution in [1.29, 1.82) is 0 Å². The number of likely N-dealkylation sites (N-methyl/N-ethyl adjacent to an activating group) is 1. The third kappa shape index (κ3) is 5.48. The highest BCUT2D eigenvalue weighted by molar-refractivity contribution is 6.34. The lowest BCUT2D eigenvalue weighted by Gasteiger charge is -2.19. The highest BCUT2D eigenvalue weighted by Gasteiger charge is 2.13. The first-order valence-electron chi connectivity index (χ1n) is 10.7. The molecule has 0 atom stereocenters. The molecule has 4 N–H and O–H groups in total. The molecule has 0 fully saturated rings. The van der Waals surface area contributed by atoms with Gasteiger partial charge in [-0.3, -0.25) is 20.0 Å². The molecule has 1 amide bonds. The van der Waals surface area contributed by atoms with E-state index in [0.717, 1.165) is 47.3 Å². The maximum absolute atomic E-state index is 11.9. The molecule has 2 heterocycles. The van der Waals surface area contributed by atoms with Gasteiger partial charge in [0.1, 0.15) is 0 Å². The average Bonchev–Trinajstić information content (AvgIpc) is 2.83. The maximum Gasteiger partial charge on any atom is 0.276 e. The van der Waals surface area contributed by atoms with Gasteiger partial charge in [-0.2, -0.15) is 0 Å². The molecule has 0 saturated heterocycles. The van der Waals surface area contributed by atoms with Crippen molar-refractivity contribution < 1.29 is 10.0 Å². The standard InChI is InChI=1S/C24H24Cl2N6O2/c1-32(10-8-29-20-4-6-27-22-12-15(25)2-3-16(20)22)11-9-30-21-5-7-28-23-14-19(26)17(13-18(21)23)24(33)31-34/h2-7,12-14,34H,8-11H2,1H3,(H,27,29)(H,28,30)(H,31,33). The Balaban J connectivity index is 1.33. The molecule has 0 aliphatic heterocycles. The predicted molar refractivity (Wildman–Crippen MR) is 137 cm³/mol. The van der Waals surface area contributed by atoms with Gasteiger partial charge in [-0.1, -0.05) is 23.2 Å². The number of carbonyl (C=O) groups excluding carboxylic acids is 1. The molecule has 4 aromatic rings. The number of carbonyl (C=O) groups is 1. The molecule has 0 saturated carbocycles. The summed E-state index contributed by atoms with van der Waals surface area (Å²) in [6, 6.07) is 12.7. The van der Waals surface area contributed by atoms with Gasteiger partial charge in [-0.15, -0.1) is 0 Å². The summed E-state index contributed by atoms with van der Waals surface area (Å²) in [6.07, 6.45) is 3.46. The molecular weight excluding hydrogens is 475 g/mol. The van der Waals surface area contributed by atoms with Crippen molar-refractivity contribution in [1.82, 2.24) is 20.3 Å². The van der Waals surface area contributed by atoms with Gasteiger partial charge in [0, 0.05) is 65.7 Å². The monoisotopic (exact) mass is 498 g/mol. The number of nitrogens with zero attached hydrogens (tertiary/aromatic N) is 3. The summed E-state index contributed by atoms with van der Waals surface area (Å²) in [5.74, 6) is -0.668. The topological polar surface area (TPSA) is 102 Å². The van der Waals surface area contributed by atoms with Crippen LogP contribution in [0.2, 0.25) is 10.0 Å². The van der Waals surface area contributed by atoms with Crippen LogP contribution in [0, 0.1) is 0 Å². The van der Waals surface area contributed by atoms with Crippen molar-refractivity contribution >= 4 is 62.3 Å². The van der Waals surface area contributed by atoms with Gasteiger partial charge in [-0.05, 0) is 49.5 Å². The lowest BCUT2D eigenvalue weighted by atomic mass is 10.1. The molecule has 2 aromatic heterocycles. The van der Waals surface area contributed by atoms with Crippen LogP contribution in [0.1, 0.15) is 10.4 Å². The summed E-state index contributed by atoms with van der Waals surface area (Å²) >= 11 is 12.2. The van der Waals surface area contributed by atoms with E-state index in [1.807, 2.05) is 30.3 Å². The smallest absolute Gasteiger partial charge is 0.276 e. The fourth-order valence-electron chi connectivity index (χ4n) is 3.71. The van der Waals surface area contributed by atoms with Gasteiger partial charge in [0.25, 0.3) is 5.91 Å². The quantitative estimate of drug-likeness (QED) is 0.196. The number of pyridine rings is 2. The van der Waals surface area contributed by atoms with E-state index >= 15 is 0 Å². The summed E-state index contributed by atoms with van der Waals surface area (Å²) in [5.41, 5.74) is 5.19. The van der Waals surface area contributed by atoms with Gasteiger partial charge in [-0.25, -0.2) is 5.48 Å². The molecule has 4 rings (SSSR count). The molecule has 0 unspecified atom stereocenters.